The Bertz CT molecular complexity index is 1610. The summed E-state index contributed by atoms with van der Waals surface area (Å²) in [4.78, 5) is 20.4. The minimum Gasteiger partial charge on any atom is -0.436 e. The number of hydrogen-bond acceptors (Lipinski definition) is 7. The molecule has 0 aliphatic heterocycles. The fraction of sp³-hybridized carbons (Fsp3) is 0.0800. The summed E-state index contributed by atoms with van der Waals surface area (Å²) < 4.78 is 37.9. The molecule has 5 aromatic rings. The number of halogens is 2. The van der Waals surface area contributed by atoms with Crippen LogP contribution in [0.2, 0.25) is 0 Å². The summed E-state index contributed by atoms with van der Waals surface area (Å²) in [7, 11) is 0. The zero-order valence-electron chi connectivity index (χ0n) is 19.2. The third-order valence-corrected chi connectivity index (χ3v) is 5.98. The summed E-state index contributed by atoms with van der Waals surface area (Å²) in [5, 5.41) is 4.94. The number of carbonyl (C=O) groups excluding carboxylic acids is 1. The average Bonchev–Trinajstić information content (AvgIpc) is 3.44. The van der Waals surface area contributed by atoms with Gasteiger partial charge in [0.05, 0.1) is 35.0 Å². The number of ketones is 1. The summed E-state index contributed by atoms with van der Waals surface area (Å²) in [6, 6.07) is 12.2. The highest BCUT2D eigenvalue weighted by Gasteiger charge is 2.21. The van der Waals surface area contributed by atoms with Gasteiger partial charge < -0.3 is 20.2 Å². The second-order valence-electron chi connectivity index (χ2n) is 7.93. The number of nitrogen functional groups attached to an aromatic ring is 1. The van der Waals surface area contributed by atoms with Crippen LogP contribution in [0.15, 0.2) is 60.9 Å². The van der Waals surface area contributed by atoms with Gasteiger partial charge in [-0.25, -0.2) is 18.4 Å². The smallest absolute Gasteiger partial charge is 0.219 e. The van der Waals surface area contributed by atoms with Gasteiger partial charge in [-0.2, -0.15) is 5.10 Å². The molecule has 0 spiro atoms. The maximum atomic E-state index is 14.3. The highest BCUT2D eigenvalue weighted by molar-refractivity contribution is 7.99. The Hall–Kier alpha value is -4.38. The number of pyridine rings is 1. The zero-order chi connectivity index (χ0) is 25.4. The molecule has 0 radical (unpaired) electrons. The van der Waals surface area contributed by atoms with Crippen molar-refractivity contribution in [2.24, 2.45) is 0 Å². The molecule has 2 aromatic carbocycles. The second kappa shape index (κ2) is 9.34. The lowest BCUT2D eigenvalue weighted by Gasteiger charge is -2.11. The standard InChI is InChI=1S/C25H20F2N6O2S/c1-13-7-23(35-22-6-4-3-5-16(22)26)29-12-21(13)33-25(28)15(11-30-33)24(34)20-9-14-8-19(32-36-2)17(27)10-18(14)31-20/h3-12,31-32H,28H2,1-2H3. The Kier molecular flexibility index (Phi) is 6.06. The number of rotatable bonds is 7. The first-order valence-electron chi connectivity index (χ1n) is 10.7. The van der Waals surface area contributed by atoms with Gasteiger partial charge in [0.1, 0.15) is 11.6 Å². The third-order valence-electron chi connectivity index (χ3n) is 5.55. The average molecular weight is 507 g/mol. The number of fused-ring (bicyclic) bond motifs is 1. The minimum atomic E-state index is -0.503. The van der Waals surface area contributed by atoms with Gasteiger partial charge in [0, 0.05) is 29.3 Å². The van der Waals surface area contributed by atoms with E-state index < -0.39 is 11.6 Å². The van der Waals surface area contributed by atoms with E-state index in [9.17, 15) is 13.6 Å². The normalized spacial score (nSPS) is 11.1. The van der Waals surface area contributed by atoms with Crippen LogP contribution in [0.4, 0.5) is 20.3 Å². The van der Waals surface area contributed by atoms with Gasteiger partial charge in [0.25, 0.3) is 0 Å². The maximum absolute atomic E-state index is 14.3. The molecular weight excluding hydrogens is 486 g/mol. The van der Waals surface area contributed by atoms with Crippen LogP contribution in [0, 0.1) is 18.6 Å². The van der Waals surface area contributed by atoms with Crippen LogP contribution in [0.3, 0.4) is 0 Å². The van der Waals surface area contributed by atoms with Crippen LogP contribution in [0.5, 0.6) is 11.6 Å². The lowest BCUT2D eigenvalue weighted by atomic mass is 10.1. The number of nitrogens with two attached hydrogens (primary N) is 1. The first-order chi connectivity index (χ1) is 17.4. The monoisotopic (exact) mass is 506 g/mol. The Balaban J connectivity index is 1.43. The lowest BCUT2D eigenvalue weighted by Crippen LogP contribution is -2.09. The molecule has 11 heteroatoms. The number of ether oxygens (including phenoxy) is 1. The summed E-state index contributed by atoms with van der Waals surface area (Å²) in [6.45, 7) is 1.79. The summed E-state index contributed by atoms with van der Waals surface area (Å²) in [5.41, 5.74) is 8.75. The number of nitrogens with zero attached hydrogens (tertiary/aromatic N) is 3. The molecule has 3 heterocycles. The highest BCUT2D eigenvalue weighted by Crippen LogP contribution is 2.29. The number of anilines is 2. The van der Waals surface area contributed by atoms with Crippen molar-refractivity contribution < 1.29 is 18.3 Å². The van der Waals surface area contributed by atoms with Crippen molar-refractivity contribution >= 4 is 40.1 Å². The van der Waals surface area contributed by atoms with Gasteiger partial charge in [0.2, 0.25) is 11.7 Å². The van der Waals surface area contributed by atoms with Crippen molar-refractivity contribution in [3.05, 3.63) is 89.4 Å². The molecule has 0 aliphatic carbocycles. The molecule has 4 N–H and O–H groups in total. The number of benzene rings is 2. The lowest BCUT2D eigenvalue weighted by molar-refractivity contribution is 0.103. The van der Waals surface area contributed by atoms with E-state index in [-0.39, 0.29) is 34.5 Å². The van der Waals surface area contributed by atoms with E-state index in [0.29, 0.717) is 27.8 Å². The van der Waals surface area contributed by atoms with Gasteiger partial charge >= 0.3 is 0 Å². The summed E-state index contributed by atoms with van der Waals surface area (Å²) in [5.74, 6) is -0.961. The number of hydrogen-bond donors (Lipinski definition) is 3. The molecule has 0 bridgehead atoms. The largest absolute Gasteiger partial charge is 0.436 e. The zero-order valence-corrected chi connectivity index (χ0v) is 20.0. The molecule has 0 aliphatic rings. The van der Waals surface area contributed by atoms with E-state index in [0.717, 1.165) is 0 Å². The van der Waals surface area contributed by atoms with Gasteiger partial charge in [0.15, 0.2) is 11.6 Å². The molecule has 0 atom stereocenters. The first-order valence-corrected chi connectivity index (χ1v) is 12.0. The molecule has 3 aromatic heterocycles. The highest BCUT2D eigenvalue weighted by atomic mass is 32.2. The van der Waals surface area contributed by atoms with E-state index in [1.165, 1.54) is 47.2 Å². The van der Waals surface area contributed by atoms with Crippen LogP contribution in [-0.4, -0.2) is 31.8 Å². The molecule has 0 unspecified atom stereocenters. The van der Waals surface area contributed by atoms with Gasteiger partial charge in [-0.15, -0.1) is 0 Å². The number of nitrogens with one attached hydrogen (secondary N) is 2. The number of carbonyl (C=O) groups is 1. The summed E-state index contributed by atoms with van der Waals surface area (Å²) >= 11 is 1.27. The third kappa shape index (κ3) is 4.24. The molecule has 5 rings (SSSR count). The number of aryl methyl sites for hydroxylation is 1. The molecule has 36 heavy (non-hydrogen) atoms. The van der Waals surface area contributed by atoms with Crippen LogP contribution >= 0.6 is 11.9 Å². The predicted octanol–water partition coefficient (Wildman–Crippen LogP) is 5.63. The maximum Gasteiger partial charge on any atom is 0.219 e. The second-order valence-corrected chi connectivity index (χ2v) is 8.55. The van der Waals surface area contributed by atoms with Crippen LogP contribution in [0.1, 0.15) is 21.6 Å². The molecule has 0 saturated heterocycles. The summed E-state index contributed by atoms with van der Waals surface area (Å²) in [6.07, 6.45) is 4.64. The van der Waals surface area contributed by atoms with Crippen molar-refractivity contribution in [2.75, 3.05) is 16.7 Å². The Labute approximate surface area is 208 Å². The van der Waals surface area contributed by atoms with Crippen molar-refractivity contribution in [1.29, 1.82) is 0 Å². The molecular formula is C25H20F2N6O2S. The van der Waals surface area contributed by atoms with Crippen molar-refractivity contribution in [2.45, 2.75) is 6.92 Å². The molecule has 0 fully saturated rings. The Morgan fingerprint density at radius 2 is 1.94 bits per heavy atom. The van der Waals surface area contributed by atoms with Crippen LogP contribution < -0.4 is 15.2 Å². The van der Waals surface area contributed by atoms with Crippen molar-refractivity contribution in [1.82, 2.24) is 19.7 Å². The Morgan fingerprint density at radius 1 is 1.14 bits per heavy atom. The molecule has 182 valence electrons. The topological polar surface area (TPSA) is 111 Å². The fourth-order valence-corrected chi connectivity index (χ4v) is 4.15. The molecule has 0 saturated carbocycles. The number of H-pyrrole nitrogens is 1. The van der Waals surface area contributed by atoms with Crippen LogP contribution in [0.25, 0.3) is 16.6 Å². The van der Waals surface area contributed by atoms with Crippen molar-refractivity contribution in [3.8, 4) is 17.3 Å². The number of para-hydroxylation sites is 1. The number of aromatic nitrogens is 4. The van der Waals surface area contributed by atoms with E-state index >= 15 is 0 Å². The molecule has 8 nitrogen and oxygen atoms in total. The SMILES string of the molecule is CSNc1cc2cc(C(=O)c3cnn(-c4cnc(Oc5ccccc5F)cc4C)c3N)[nH]c2cc1F. The van der Waals surface area contributed by atoms with Gasteiger partial charge in [-0.3, -0.25) is 4.79 Å². The van der Waals surface area contributed by atoms with Gasteiger partial charge in [-0.05, 0) is 36.8 Å². The fourth-order valence-electron chi connectivity index (χ4n) is 3.78. The van der Waals surface area contributed by atoms with E-state index in [1.54, 1.807) is 43.5 Å². The van der Waals surface area contributed by atoms with Crippen molar-refractivity contribution in [3.63, 3.8) is 0 Å². The first kappa shape index (κ1) is 23.4. The van der Waals surface area contributed by atoms with Gasteiger partial charge in [-0.1, -0.05) is 24.1 Å². The van der Waals surface area contributed by atoms with E-state index in [1.807, 2.05) is 0 Å². The molecule has 0 amide bonds. The minimum absolute atomic E-state index is 0.0539. The van der Waals surface area contributed by atoms with E-state index in [4.69, 9.17) is 10.5 Å². The predicted molar refractivity (Wildman–Crippen MR) is 136 cm³/mol. The van der Waals surface area contributed by atoms with E-state index in [2.05, 4.69) is 19.8 Å². The number of aromatic amines is 1. The Morgan fingerprint density at radius 3 is 2.69 bits per heavy atom. The van der Waals surface area contributed by atoms with Crippen LogP contribution in [-0.2, 0) is 0 Å². The quantitative estimate of drug-likeness (QED) is 0.194.